The largest absolute Gasteiger partial charge is 0.342 e. The third kappa shape index (κ3) is 5.61. The van der Waals surface area contributed by atoms with E-state index in [9.17, 15) is 4.79 Å². The minimum atomic E-state index is -0.257. The number of thioether (sulfide) groups is 1. The quantitative estimate of drug-likeness (QED) is 0.315. The standard InChI is InChI=1S/C23H25BrN4OS/c1-4-14-28-21(20(16(2)3)25-22(29)18-8-6-5-7-9-18)26-27-23(28)30-15-17-10-12-19(24)13-11-17/h4-13,16,20H,1,14-15H2,2-3H3,(H,25,29)/t20-/m0/s1. The monoisotopic (exact) mass is 484 g/mol. The number of benzene rings is 2. The molecule has 0 unspecified atom stereocenters. The second-order valence-electron chi connectivity index (χ2n) is 7.22. The zero-order valence-corrected chi connectivity index (χ0v) is 19.5. The number of amides is 1. The predicted octanol–water partition coefficient (Wildman–Crippen LogP) is 5.65. The number of rotatable bonds is 9. The Labute approximate surface area is 190 Å². The molecule has 1 N–H and O–H groups in total. The van der Waals surface area contributed by atoms with Crippen molar-refractivity contribution in [2.45, 2.75) is 37.3 Å². The Balaban J connectivity index is 1.82. The van der Waals surface area contributed by atoms with Crippen LogP contribution in [0.25, 0.3) is 0 Å². The summed E-state index contributed by atoms with van der Waals surface area (Å²) in [7, 11) is 0. The molecule has 1 aromatic heterocycles. The highest BCUT2D eigenvalue weighted by Crippen LogP contribution is 2.28. The van der Waals surface area contributed by atoms with Crippen LogP contribution in [0.1, 0.15) is 41.6 Å². The molecule has 0 saturated heterocycles. The number of hydrogen-bond donors (Lipinski definition) is 1. The van der Waals surface area contributed by atoms with Gasteiger partial charge in [-0.1, -0.05) is 77.9 Å². The first kappa shape index (κ1) is 22.3. The van der Waals surface area contributed by atoms with Gasteiger partial charge in [-0.2, -0.15) is 0 Å². The molecule has 0 fully saturated rings. The van der Waals surface area contributed by atoms with Crippen molar-refractivity contribution in [1.82, 2.24) is 20.1 Å². The third-order valence-corrected chi connectivity index (χ3v) is 6.17. The minimum absolute atomic E-state index is 0.119. The van der Waals surface area contributed by atoms with E-state index in [-0.39, 0.29) is 17.9 Å². The summed E-state index contributed by atoms with van der Waals surface area (Å²) < 4.78 is 3.09. The van der Waals surface area contributed by atoms with Crippen LogP contribution >= 0.6 is 27.7 Å². The summed E-state index contributed by atoms with van der Waals surface area (Å²) in [5.74, 6) is 1.56. The minimum Gasteiger partial charge on any atom is -0.342 e. The Bertz CT molecular complexity index is 986. The molecule has 5 nitrogen and oxygen atoms in total. The summed E-state index contributed by atoms with van der Waals surface area (Å²) in [6.45, 7) is 8.59. The van der Waals surface area contributed by atoms with Gasteiger partial charge in [0.25, 0.3) is 5.91 Å². The maximum atomic E-state index is 12.7. The Morgan fingerprint density at radius 1 is 1.17 bits per heavy atom. The fourth-order valence-corrected chi connectivity index (χ4v) is 4.18. The number of allylic oxidation sites excluding steroid dienone is 1. The van der Waals surface area contributed by atoms with Crippen molar-refractivity contribution in [3.05, 3.63) is 88.7 Å². The lowest BCUT2D eigenvalue weighted by atomic mass is 10.0. The molecule has 0 aliphatic rings. The Kier molecular flexibility index (Phi) is 7.87. The lowest BCUT2D eigenvalue weighted by Crippen LogP contribution is -2.33. The van der Waals surface area contributed by atoms with Gasteiger partial charge < -0.3 is 9.88 Å². The SMILES string of the molecule is C=CCn1c(SCc2ccc(Br)cc2)nnc1[C@@H](NC(=O)c1ccccc1)C(C)C. The van der Waals surface area contributed by atoms with Crippen LogP contribution in [0.3, 0.4) is 0 Å². The zero-order valence-electron chi connectivity index (χ0n) is 17.1. The van der Waals surface area contributed by atoms with E-state index < -0.39 is 0 Å². The van der Waals surface area contributed by atoms with Gasteiger partial charge in [0, 0.05) is 22.3 Å². The van der Waals surface area contributed by atoms with E-state index >= 15 is 0 Å². The molecule has 0 bridgehead atoms. The van der Waals surface area contributed by atoms with Crippen molar-refractivity contribution >= 4 is 33.6 Å². The van der Waals surface area contributed by atoms with Crippen LogP contribution in [0.5, 0.6) is 0 Å². The van der Waals surface area contributed by atoms with E-state index in [0.29, 0.717) is 12.1 Å². The molecular formula is C23H25BrN4OS. The summed E-state index contributed by atoms with van der Waals surface area (Å²) in [5, 5.41) is 12.8. The lowest BCUT2D eigenvalue weighted by Gasteiger charge is -2.22. The second-order valence-corrected chi connectivity index (χ2v) is 9.07. The molecule has 0 radical (unpaired) electrons. The predicted molar refractivity (Wildman–Crippen MR) is 125 cm³/mol. The van der Waals surface area contributed by atoms with Crippen LogP contribution < -0.4 is 5.32 Å². The van der Waals surface area contributed by atoms with Gasteiger partial charge in [-0.25, -0.2) is 0 Å². The van der Waals surface area contributed by atoms with Gasteiger partial charge >= 0.3 is 0 Å². The first-order valence-electron chi connectivity index (χ1n) is 9.76. The van der Waals surface area contributed by atoms with Gasteiger partial charge in [0.15, 0.2) is 11.0 Å². The van der Waals surface area contributed by atoms with Crippen molar-refractivity contribution in [2.75, 3.05) is 0 Å². The Morgan fingerprint density at radius 2 is 1.87 bits per heavy atom. The fraction of sp³-hybridized carbons (Fsp3) is 0.261. The highest BCUT2D eigenvalue weighted by atomic mass is 79.9. The highest BCUT2D eigenvalue weighted by Gasteiger charge is 2.26. The molecule has 1 amide bonds. The molecule has 3 aromatic rings. The van der Waals surface area contributed by atoms with Crippen LogP contribution in [0.4, 0.5) is 0 Å². The van der Waals surface area contributed by atoms with Gasteiger partial charge in [0.1, 0.15) is 0 Å². The summed E-state index contributed by atoms with van der Waals surface area (Å²) in [5.41, 5.74) is 1.83. The van der Waals surface area contributed by atoms with E-state index in [4.69, 9.17) is 0 Å². The fourth-order valence-electron chi connectivity index (χ4n) is 3.01. The number of carbonyl (C=O) groups excluding carboxylic acids is 1. The van der Waals surface area contributed by atoms with Crippen LogP contribution in [0.15, 0.2) is 76.9 Å². The molecule has 0 spiro atoms. The Morgan fingerprint density at radius 3 is 2.50 bits per heavy atom. The van der Waals surface area contributed by atoms with E-state index in [1.54, 1.807) is 23.9 Å². The van der Waals surface area contributed by atoms with Gasteiger partial charge in [0.05, 0.1) is 6.04 Å². The summed E-state index contributed by atoms with van der Waals surface area (Å²) >= 11 is 5.09. The molecule has 2 aromatic carbocycles. The van der Waals surface area contributed by atoms with E-state index in [1.807, 2.05) is 41.0 Å². The van der Waals surface area contributed by atoms with Gasteiger partial charge in [0.2, 0.25) is 0 Å². The average molecular weight is 485 g/mol. The summed E-state index contributed by atoms with van der Waals surface area (Å²) in [6.07, 6.45) is 1.83. The van der Waals surface area contributed by atoms with Crippen molar-refractivity contribution in [2.24, 2.45) is 5.92 Å². The zero-order chi connectivity index (χ0) is 21.5. The van der Waals surface area contributed by atoms with E-state index in [1.165, 1.54) is 5.56 Å². The van der Waals surface area contributed by atoms with E-state index in [0.717, 1.165) is 21.2 Å². The number of carbonyl (C=O) groups is 1. The summed E-state index contributed by atoms with van der Waals surface area (Å²) in [4.78, 5) is 12.7. The molecule has 1 heterocycles. The number of nitrogens with one attached hydrogen (secondary N) is 1. The normalized spacial score (nSPS) is 12.0. The van der Waals surface area contributed by atoms with Crippen molar-refractivity contribution in [3.8, 4) is 0 Å². The second kappa shape index (κ2) is 10.6. The van der Waals surface area contributed by atoms with E-state index in [2.05, 4.69) is 64.0 Å². The van der Waals surface area contributed by atoms with Crippen molar-refractivity contribution in [3.63, 3.8) is 0 Å². The van der Waals surface area contributed by atoms with Crippen LogP contribution in [0.2, 0.25) is 0 Å². The van der Waals surface area contributed by atoms with Crippen LogP contribution in [-0.2, 0) is 12.3 Å². The molecule has 3 rings (SSSR count). The van der Waals surface area contributed by atoms with Gasteiger partial charge in [-0.05, 0) is 35.7 Å². The first-order chi connectivity index (χ1) is 14.5. The molecule has 7 heteroatoms. The molecule has 0 saturated carbocycles. The third-order valence-electron chi connectivity index (χ3n) is 4.61. The number of hydrogen-bond acceptors (Lipinski definition) is 4. The average Bonchev–Trinajstić information content (AvgIpc) is 3.14. The summed E-state index contributed by atoms with van der Waals surface area (Å²) in [6, 6.07) is 17.2. The molecule has 1 atom stereocenters. The Hall–Kier alpha value is -2.38. The maximum Gasteiger partial charge on any atom is 0.251 e. The molecule has 0 aliphatic heterocycles. The van der Waals surface area contributed by atoms with Crippen LogP contribution in [-0.4, -0.2) is 20.7 Å². The molecule has 0 aliphatic carbocycles. The number of aromatic nitrogens is 3. The highest BCUT2D eigenvalue weighted by molar-refractivity contribution is 9.10. The molecule has 30 heavy (non-hydrogen) atoms. The smallest absolute Gasteiger partial charge is 0.251 e. The van der Waals surface area contributed by atoms with Gasteiger partial charge in [-0.3, -0.25) is 4.79 Å². The van der Waals surface area contributed by atoms with Crippen molar-refractivity contribution < 1.29 is 4.79 Å². The molecular weight excluding hydrogens is 460 g/mol. The topological polar surface area (TPSA) is 59.8 Å². The molecule has 156 valence electrons. The first-order valence-corrected chi connectivity index (χ1v) is 11.5. The van der Waals surface area contributed by atoms with Crippen LogP contribution in [0, 0.1) is 5.92 Å². The number of nitrogens with zero attached hydrogens (tertiary/aromatic N) is 3. The van der Waals surface area contributed by atoms with Gasteiger partial charge in [-0.15, -0.1) is 16.8 Å². The lowest BCUT2D eigenvalue weighted by molar-refractivity contribution is 0.0922. The maximum absolute atomic E-state index is 12.7. The van der Waals surface area contributed by atoms with Crippen molar-refractivity contribution in [1.29, 1.82) is 0 Å². The number of halogens is 1.